The Hall–Kier alpha value is -0.450. The smallest absolute Gasteiger partial charge is 0.137 e. The van der Waals surface area contributed by atoms with E-state index >= 15 is 0 Å². The number of ketones is 1. The van der Waals surface area contributed by atoms with Crippen molar-refractivity contribution in [3.8, 4) is 0 Å². The molecule has 3 atom stereocenters. The number of ether oxygens (including phenoxy) is 1. The number of aliphatic hydroxyl groups is 1. The molecule has 0 bridgehead atoms. The Bertz CT molecular complexity index is 257. The van der Waals surface area contributed by atoms with Crippen LogP contribution in [0.1, 0.15) is 26.7 Å². The van der Waals surface area contributed by atoms with Crippen LogP contribution in [0.25, 0.3) is 0 Å². The molecule has 3 unspecified atom stereocenters. The van der Waals surface area contributed by atoms with E-state index in [1.54, 1.807) is 7.11 Å². The normalized spacial score (nSPS) is 28.9. The highest BCUT2D eigenvalue weighted by Crippen LogP contribution is 2.31. The first-order chi connectivity index (χ1) is 8.58. The third-order valence-electron chi connectivity index (χ3n) is 3.91. The Labute approximate surface area is 110 Å². The quantitative estimate of drug-likeness (QED) is 0.744. The fraction of sp³-hybridized carbons (Fsp3) is 0.929. The first kappa shape index (κ1) is 15.6. The number of hydrogen-bond donors (Lipinski definition) is 1. The molecule has 0 aromatic rings. The van der Waals surface area contributed by atoms with Gasteiger partial charge < -0.3 is 9.84 Å². The lowest BCUT2D eigenvalue weighted by molar-refractivity contribution is -0.128. The van der Waals surface area contributed by atoms with Gasteiger partial charge in [0.05, 0.1) is 13.2 Å². The zero-order valence-electron chi connectivity index (χ0n) is 11.9. The minimum atomic E-state index is 0.129. The van der Waals surface area contributed by atoms with E-state index in [9.17, 15) is 4.79 Å². The van der Waals surface area contributed by atoms with Crippen LogP contribution in [-0.2, 0) is 9.53 Å². The molecule has 1 saturated carbocycles. The number of nitrogens with zero attached hydrogens (tertiary/aromatic N) is 1. The van der Waals surface area contributed by atoms with E-state index in [0.717, 1.165) is 19.5 Å². The monoisotopic (exact) mass is 257 g/mol. The lowest BCUT2D eigenvalue weighted by atomic mass is 9.74. The Morgan fingerprint density at radius 3 is 2.67 bits per heavy atom. The fourth-order valence-corrected chi connectivity index (χ4v) is 2.91. The van der Waals surface area contributed by atoms with Crippen LogP contribution in [0.15, 0.2) is 0 Å². The highest BCUT2D eigenvalue weighted by atomic mass is 16.5. The predicted molar refractivity (Wildman–Crippen MR) is 71.5 cm³/mol. The summed E-state index contributed by atoms with van der Waals surface area (Å²) in [5.41, 5.74) is 0. The number of rotatable bonds is 7. The van der Waals surface area contributed by atoms with Crippen LogP contribution in [0, 0.1) is 17.8 Å². The summed E-state index contributed by atoms with van der Waals surface area (Å²) >= 11 is 0. The number of carbonyl (C=O) groups is 1. The lowest BCUT2D eigenvalue weighted by Gasteiger charge is -2.35. The average molecular weight is 257 g/mol. The third kappa shape index (κ3) is 4.67. The average Bonchev–Trinajstić information content (AvgIpc) is 2.30. The summed E-state index contributed by atoms with van der Waals surface area (Å²) in [6.45, 7) is 7.27. The maximum Gasteiger partial charge on any atom is 0.137 e. The van der Waals surface area contributed by atoms with Crippen molar-refractivity contribution in [3.63, 3.8) is 0 Å². The molecule has 0 spiro atoms. The summed E-state index contributed by atoms with van der Waals surface area (Å²) in [5.74, 6) is 1.49. The Balaban J connectivity index is 2.52. The largest absolute Gasteiger partial charge is 0.395 e. The van der Waals surface area contributed by atoms with Crippen LogP contribution in [0.2, 0.25) is 0 Å². The van der Waals surface area contributed by atoms with Crippen molar-refractivity contribution in [2.24, 2.45) is 17.8 Å². The van der Waals surface area contributed by atoms with Crippen molar-refractivity contribution >= 4 is 5.78 Å². The molecular weight excluding hydrogens is 230 g/mol. The number of hydrogen-bond acceptors (Lipinski definition) is 4. The molecule has 0 aliphatic heterocycles. The molecule has 0 aromatic heterocycles. The van der Waals surface area contributed by atoms with Crippen LogP contribution >= 0.6 is 0 Å². The first-order valence-electron chi connectivity index (χ1n) is 6.93. The number of aliphatic hydroxyl groups excluding tert-OH is 1. The van der Waals surface area contributed by atoms with Gasteiger partial charge in [-0.2, -0.15) is 0 Å². The molecule has 1 rings (SSSR count). The van der Waals surface area contributed by atoms with Gasteiger partial charge in [0.25, 0.3) is 0 Å². The van der Waals surface area contributed by atoms with Crippen molar-refractivity contribution in [2.45, 2.75) is 26.7 Å². The molecule has 1 N–H and O–H groups in total. The Kier molecular flexibility index (Phi) is 6.82. The maximum absolute atomic E-state index is 12.1. The summed E-state index contributed by atoms with van der Waals surface area (Å²) in [6.07, 6.45) is 1.85. The highest BCUT2D eigenvalue weighted by molar-refractivity contribution is 5.82. The number of methoxy groups -OCH3 is 1. The Morgan fingerprint density at radius 1 is 1.39 bits per heavy atom. The molecule has 0 radical (unpaired) electrons. The van der Waals surface area contributed by atoms with Gasteiger partial charge >= 0.3 is 0 Å². The second-order valence-electron chi connectivity index (χ2n) is 5.61. The number of Topliss-reactive ketones (excluding diaryl/α,β-unsaturated/α-hetero) is 1. The molecule has 4 heteroatoms. The lowest BCUT2D eigenvalue weighted by Crippen LogP contribution is -2.42. The topological polar surface area (TPSA) is 49.8 Å². The molecule has 1 aliphatic carbocycles. The zero-order chi connectivity index (χ0) is 13.5. The van der Waals surface area contributed by atoms with Crippen molar-refractivity contribution < 1.29 is 14.6 Å². The first-order valence-corrected chi connectivity index (χ1v) is 6.93. The van der Waals surface area contributed by atoms with Gasteiger partial charge in [-0.25, -0.2) is 0 Å². The summed E-state index contributed by atoms with van der Waals surface area (Å²) in [5, 5.41) is 9.07. The van der Waals surface area contributed by atoms with Gasteiger partial charge in [-0.3, -0.25) is 9.69 Å². The molecular formula is C14H27NO3. The van der Waals surface area contributed by atoms with E-state index in [4.69, 9.17) is 9.84 Å². The summed E-state index contributed by atoms with van der Waals surface area (Å²) in [7, 11) is 1.67. The van der Waals surface area contributed by atoms with Gasteiger partial charge in [0.15, 0.2) is 0 Å². The van der Waals surface area contributed by atoms with E-state index in [-0.39, 0.29) is 12.5 Å². The Morgan fingerprint density at radius 2 is 2.11 bits per heavy atom. The SMILES string of the molecule is COCCN(CCO)CC1C(=O)CC(C)CC1C. The summed E-state index contributed by atoms with van der Waals surface area (Å²) in [6, 6.07) is 0. The van der Waals surface area contributed by atoms with E-state index in [0.29, 0.717) is 37.2 Å². The number of carbonyl (C=O) groups excluding carboxylic acids is 1. The zero-order valence-corrected chi connectivity index (χ0v) is 11.9. The molecule has 18 heavy (non-hydrogen) atoms. The van der Waals surface area contributed by atoms with Crippen molar-refractivity contribution in [2.75, 3.05) is 40.0 Å². The van der Waals surface area contributed by atoms with E-state index in [2.05, 4.69) is 18.7 Å². The van der Waals surface area contributed by atoms with Crippen molar-refractivity contribution in [3.05, 3.63) is 0 Å². The molecule has 0 amide bonds. The maximum atomic E-state index is 12.1. The van der Waals surface area contributed by atoms with E-state index < -0.39 is 0 Å². The second-order valence-corrected chi connectivity index (χ2v) is 5.61. The van der Waals surface area contributed by atoms with E-state index in [1.165, 1.54) is 0 Å². The standard InChI is InChI=1S/C14H27NO3/c1-11-8-12(2)13(14(17)9-11)10-15(4-6-16)5-7-18-3/h11-13,16H,4-10H2,1-3H3. The summed E-state index contributed by atoms with van der Waals surface area (Å²) in [4.78, 5) is 14.2. The second kappa shape index (κ2) is 7.87. The van der Waals surface area contributed by atoms with Gasteiger partial charge in [-0.15, -0.1) is 0 Å². The minimum Gasteiger partial charge on any atom is -0.395 e. The van der Waals surface area contributed by atoms with Crippen LogP contribution in [0.5, 0.6) is 0 Å². The molecule has 0 saturated heterocycles. The van der Waals surface area contributed by atoms with Crippen LogP contribution in [-0.4, -0.2) is 55.7 Å². The highest BCUT2D eigenvalue weighted by Gasteiger charge is 2.33. The predicted octanol–water partition coefficient (Wildman–Crippen LogP) is 1.18. The molecule has 0 heterocycles. The van der Waals surface area contributed by atoms with Gasteiger partial charge in [-0.05, 0) is 18.3 Å². The summed E-state index contributed by atoms with van der Waals surface area (Å²) < 4.78 is 5.07. The fourth-order valence-electron chi connectivity index (χ4n) is 2.91. The van der Waals surface area contributed by atoms with Gasteiger partial charge in [0, 0.05) is 39.1 Å². The minimum absolute atomic E-state index is 0.129. The molecule has 1 fully saturated rings. The van der Waals surface area contributed by atoms with Gasteiger partial charge in [0.2, 0.25) is 0 Å². The van der Waals surface area contributed by atoms with Crippen LogP contribution in [0.3, 0.4) is 0 Å². The molecule has 106 valence electrons. The van der Waals surface area contributed by atoms with E-state index in [1.807, 2.05) is 0 Å². The molecule has 0 aromatic carbocycles. The third-order valence-corrected chi connectivity index (χ3v) is 3.91. The van der Waals surface area contributed by atoms with Crippen molar-refractivity contribution in [1.29, 1.82) is 0 Å². The molecule has 1 aliphatic rings. The van der Waals surface area contributed by atoms with Crippen molar-refractivity contribution in [1.82, 2.24) is 4.90 Å². The van der Waals surface area contributed by atoms with Gasteiger partial charge in [0.1, 0.15) is 5.78 Å². The van der Waals surface area contributed by atoms with Crippen LogP contribution in [0.4, 0.5) is 0 Å². The molecule has 4 nitrogen and oxygen atoms in total. The van der Waals surface area contributed by atoms with Crippen LogP contribution < -0.4 is 0 Å². The van der Waals surface area contributed by atoms with Gasteiger partial charge in [-0.1, -0.05) is 13.8 Å².